The zero-order chi connectivity index (χ0) is 16.8. The largest absolute Gasteiger partial charge is 0.368 e. The molecule has 2 aliphatic rings. The molecule has 5 rings (SSSR count). The first-order valence-electron chi connectivity index (χ1n) is 9.13. The molecule has 128 valence electrons. The smallest absolute Gasteiger partial charge is 0.223 e. The minimum atomic E-state index is 0.361. The number of nitrogens with zero attached hydrogens (tertiary/aromatic N) is 4. The van der Waals surface area contributed by atoms with Gasteiger partial charge in [0.25, 0.3) is 0 Å². The van der Waals surface area contributed by atoms with Crippen molar-refractivity contribution in [1.82, 2.24) is 24.9 Å². The summed E-state index contributed by atoms with van der Waals surface area (Å²) < 4.78 is 1.75. The standard InChI is InChI=1S/C19H22N6/c20-19-22-16(13-5-2-1-3-6-13)15(12-8-9-12)18-23-17(24-25(18)19)14-7-4-10-21-11-14/h1-3,5-6,12,14,21H,4,7-11H2,(H2,20,22)/t14-/m1/s1. The quantitative estimate of drug-likeness (QED) is 0.770. The molecule has 6 heteroatoms. The number of anilines is 1. The van der Waals surface area contributed by atoms with Gasteiger partial charge in [0.15, 0.2) is 11.5 Å². The second-order valence-electron chi connectivity index (χ2n) is 7.12. The van der Waals surface area contributed by atoms with Crippen LogP contribution in [0.4, 0.5) is 5.95 Å². The zero-order valence-electron chi connectivity index (χ0n) is 14.2. The van der Waals surface area contributed by atoms with Crippen LogP contribution in [0.1, 0.15) is 48.9 Å². The molecule has 25 heavy (non-hydrogen) atoms. The summed E-state index contributed by atoms with van der Waals surface area (Å²) in [4.78, 5) is 9.65. The number of fused-ring (bicyclic) bond motifs is 1. The van der Waals surface area contributed by atoms with E-state index in [0.29, 0.717) is 17.8 Å². The fourth-order valence-electron chi connectivity index (χ4n) is 3.80. The topological polar surface area (TPSA) is 81.1 Å². The molecular weight excluding hydrogens is 312 g/mol. The van der Waals surface area contributed by atoms with Crippen LogP contribution in [0, 0.1) is 0 Å². The van der Waals surface area contributed by atoms with Gasteiger partial charge in [0.05, 0.1) is 5.69 Å². The fourth-order valence-corrected chi connectivity index (χ4v) is 3.80. The molecule has 0 spiro atoms. The maximum absolute atomic E-state index is 6.26. The molecule has 0 bridgehead atoms. The van der Waals surface area contributed by atoms with Crippen molar-refractivity contribution in [2.75, 3.05) is 18.8 Å². The molecule has 3 N–H and O–H groups in total. The highest BCUT2D eigenvalue weighted by Crippen LogP contribution is 2.46. The number of benzene rings is 1. The van der Waals surface area contributed by atoms with Crippen LogP contribution < -0.4 is 11.1 Å². The van der Waals surface area contributed by atoms with Crippen molar-refractivity contribution in [3.05, 3.63) is 41.7 Å². The number of nitrogen functional groups attached to an aromatic ring is 1. The highest BCUT2D eigenvalue weighted by Gasteiger charge is 2.32. The van der Waals surface area contributed by atoms with Gasteiger partial charge in [-0.25, -0.2) is 9.97 Å². The third-order valence-electron chi connectivity index (χ3n) is 5.26. The molecule has 1 saturated heterocycles. The van der Waals surface area contributed by atoms with Crippen LogP contribution in [-0.4, -0.2) is 32.7 Å². The third-order valence-corrected chi connectivity index (χ3v) is 5.26. The van der Waals surface area contributed by atoms with Crippen LogP contribution in [0.2, 0.25) is 0 Å². The Kier molecular flexibility index (Phi) is 3.45. The lowest BCUT2D eigenvalue weighted by Crippen LogP contribution is -2.29. The number of piperidine rings is 1. The Bertz CT molecular complexity index is 907. The molecule has 0 unspecified atom stereocenters. The first-order chi connectivity index (χ1) is 12.3. The van der Waals surface area contributed by atoms with Crippen LogP contribution in [0.5, 0.6) is 0 Å². The first kappa shape index (κ1) is 14.8. The molecular formula is C19H22N6. The Labute approximate surface area is 146 Å². The second-order valence-corrected chi connectivity index (χ2v) is 7.12. The number of nitrogens with two attached hydrogens (primary N) is 1. The maximum Gasteiger partial charge on any atom is 0.223 e. The van der Waals surface area contributed by atoms with E-state index in [2.05, 4.69) is 17.4 Å². The van der Waals surface area contributed by atoms with E-state index in [1.165, 1.54) is 24.8 Å². The van der Waals surface area contributed by atoms with Crippen molar-refractivity contribution in [3.8, 4) is 11.3 Å². The normalized spacial score (nSPS) is 20.9. The summed E-state index contributed by atoms with van der Waals surface area (Å²) in [5.74, 6) is 2.20. The summed E-state index contributed by atoms with van der Waals surface area (Å²) in [5, 5.41) is 8.16. The van der Waals surface area contributed by atoms with Crippen LogP contribution in [0.25, 0.3) is 16.9 Å². The molecule has 3 aromatic rings. The number of nitrogens with one attached hydrogen (secondary N) is 1. The highest BCUT2D eigenvalue weighted by molar-refractivity contribution is 5.73. The molecule has 0 radical (unpaired) electrons. The SMILES string of the molecule is Nc1nc(-c2ccccc2)c(C2CC2)c2nc([C@@H]3CCCNC3)nn12. The summed E-state index contributed by atoms with van der Waals surface area (Å²) in [6.45, 7) is 2.02. The minimum absolute atomic E-state index is 0.361. The van der Waals surface area contributed by atoms with Crippen LogP contribution in [0.3, 0.4) is 0 Å². The van der Waals surface area contributed by atoms with E-state index in [9.17, 15) is 0 Å². The average molecular weight is 334 g/mol. The lowest BCUT2D eigenvalue weighted by molar-refractivity contribution is 0.447. The van der Waals surface area contributed by atoms with E-state index in [-0.39, 0.29) is 0 Å². The van der Waals surface area contributed by atoms with Gasteiger partial charge >= 0.3 is 0 Å². The van der Waals surface area contributed by atoms with Crippen LogP contribution in [0.15, 0.2) is 30.3 Å². The van der Waals surface area contributed by atoms with E-state index in [0.717, 1.165) is 42.2 Å². The number of hydrogen-bond acceptors (Lipinski definition) is 5. The van der Waals surface area contributed by atoms with Gasteiger partial charge in [0, 0.05) is 23.6 Å². The van der Waals surface area contributed by atoms with Crippen molar-refractivity contribution >= 4 is 11.6 Å². The van der Waals surface area contributed by atoms with Crippen molar-refractivity contribution in [1.29, 1.82) is 0 Å². The van der Waals surface area contributed by atoms with Crippen molar-refractivity contribution < 1.29 is 0 Å². The Morgan fingerprint density at radius 2 is 1.88 bits per heavy atom. The molecule has 0 amide bonds. The molecule has 2 fully saturated rings. The lowest BCUT2D eigenvalue weighted by Gasteiger charge is -2.19. The van der Waals surface area contributed by atoms with Gasteiger partial charge in [-0.15, -0.1) is 5.10 Å². The summed E-state index contributed by atoms with van der Waals surface area (Å²) in [6, 6.07) is 10.3. The van der Waals surface area contributed by atoms with Crippen LogP contribution in [-0.2, 0) is 0 Å². The molecule has 3 heterocycles. The van der Waals surface area contributed by atoms with E-state index in [4.69, 9.17) is 20.8 Å². The minimum Gasteiger partial charge on any atom is -0.368 e. The number of aromatic nitrogens is 4. The summed E-state index contributed by atoms with van der Waals surface area (Å²) >= 11 is 0. The summed E-state index contributed by atoms with van der Waals surface area (Å²) in [5.41, 5.74) is 10.4. The van der Waals surface area contributed by atoms with Crippen molar-refractivity contribution in [2.24, 2.45) is 0 Å². The molecule has 1 saturated carbocycles. The predicted molar refractivity (Wildman–Crippen MR) is 97.5 cm³/mol. The fraction of sp³-hybridized carbons (Fsp3) is 0.421. The molecule has 1 aliphatic carbocycles. The van der Waals surface area contributed by atoms with Gasteiger partial charge in [0.1, 0.15) is 0 Å². The van der Waals surface area contributed by atoms with E-state index in [1.54, 1.807) is 4.52 Å². The van der Waals surface area contributed by atoms with Gasteiger partial charge in [-0.05, 0) is 38.1 Å². The average Bonchev–Trinajstić information content (AvgIpc) is 3.40. The molecule has 2 aromatic heterocycles. The van der Waals surface area contributed by atoms with Crippen LogP contribution >= 0.6 is 0 Å². The lowest BCUT2D eigenvalue weighted by atomic mass is 9.99. The van der Waals surface area contributed by atoms with E-state index in [1.807, 2.05) is 18.2 Å². The molecule has 1 aromatic carbocycles. The Balaban J connectivity index is 1.70. The maximum atomic E-state index is 6.26. The third kappa shape index (κ3) is 2.57. The first-order valence-corrected chi connectivity index (χ1v) is 9.13. The predicted octanol–water partition coefficient (Wildman–Crippen LogP) is 2.72. The zero-order valence-corrected chi connectivity index (χ0v) is 14.2. The molecule has 6 nitrogen and oxygen atoms in total. The van der Waals surface area contributed by atoms with Crippen molar-refractivity contribution in [2.45, 2.75) is 37.5 Å². The van der Waals surface area contributed by atoms with Gasteiger partial charge in [-0.3, -0.25) is 0 Å². The Morgan fingerprint density at radius 1 is 1.04 bits per heavy atom. The van der Waals surface area contributed by atoms with E-state index >= 15 is 0 Å². The highest BCUT2D eigenvalue weighted by atomic mass is 15.4. The number of rotatable bonds is 3. The summed E-state index contributed by atoms with van der Waals surface area (Å²) in [7, 11) is 0. The molecule has 1 atom stereocenters. The van der Waals surface area contributed by atoms with Gasteiger partial charge in [-0.2, -0.15) is 4.52 Å². The Hall–Kier alpha value is -2.47. The second kappa shape index (κ2) is 5.81. The van der Waals surface area contributed by atoms with Crippen molar-refractivity contribution in [3.63, 3.8) is 0 Å². The van der Waals surface area contributed by atoms with Gasteiger partial charge in [0.2, 0.25) is 5.95 Å². The number of hydrogen-bond donors (Lipinski definition) is 2. The summed E-state index contributed by atoms with van der Waals surface area (Å²) in [6.07, 6.45) is 4.67. The van der Waals surface area contributed by atoms with Gasteiger partial charge in [-0.1, -0.05) is 30.3 Å². The van der Waals surface area contributed by atoms with E-state index < -0.39 is 0 Å². The molecule has 1 aliphatic heterocycles. The monoisotopic (exact) mass is 334 g/mol. The Morgan fingerprint density at radius 3 is 2.60 bits per heavy atom. The van der Waals surface area contributed by atoms with Gasteiger partial charge < -0.3 is 11.1 Å².